The van der Waals surface area contributed by atoms with Gasteiger partial charge in [-0.1, -0.05) is 6.92 Å². The highest BCUT2D eigenvalue weighted by molar-refractivity contribution is 7.89. The molecule has 102 valence electrons. The molecule has 0 fully saturated rings. The fourth-order valence-corrected chi connectivity index (χ4v) is 2.44. The molecular formula is C11H16F2N2O2S. The highest BCUT2D eigenvalue weighted by atomic mass is 32.2. The Hall–Kier alpha value is -1.05. The molecule has 0 spiro atoms. The Labute approximate surface area is 105 Å². The first kappa shape index (κ1) is 15.0. The average molecular weight is 278 g/mol. The Morgan fingerprint density at radius 2 is 1.78 bits per heavy atom. The van der Waals surface area contributed by atoms with Gasteiger partial charge in [-0.15, -0.1) is 0 Å². The van der Waals surface area contributed by atoms with Crippen molar-refractivity contribution >= 4 is 10.0 Å². The summed E-state index contributed by atoms with van der Waals surface area (Å²) >= 11 is 0. The molecule has 0 bridgehead atoms. The Balaban J connectivity index is 2.38. The van der Waals surface area contributed by atoms with Crippen LogP contribution in [-0.4, -0.2) is 27.3 Å². The lowest BCUT2D eigenvalue weighted by molar-refractivity contribution is 0.571. The molecule has 0 atom stereocenters. The SMILES string of the molecule is CCNS(=O)(=O)CCNCc1cc(F)cc(F)c1. The van der Waals surface area contributed by atoms with Crippen LogP contribution in [0.1, 0.15) is 12.5 Å². The molecule has 1 aromatic carbocycles. The van der Waals surface area contributed by atoms with Gasteiger partial charge in [0.2, 0.25) is 10.0 Å². The van der Waals surface area contributed by atoms with Gasteiger partial charge in [0.15, 0.2) is 0 Å². The molecular weight excluding hydrogens is 262 g/mol. The summed E-state index contributed by atoms with van der Waals surface area (Å²) < 4.78 is 50.6. The quantitative estimate of drug-likeness (QED) is 0.731. The molecule has 0 unspecified atom stereocenters. The van der Waals surface area contributed by atoms with Crippen LogP contribution in [0.15, 0.2) is 18.2 Å². The van der Waals surface area contributed by atoms with Crippen LogP contribution in [0.5, 0.6) is 0 Å². The number of benzene rings is 1. The third-order valence-corrected chi connectivity index (χ3v) is 3.63. The first-order valence-corrected chi connectivity index (χ1v) is 7.21. The van der Waals surface area contributed by atoms with Crippen molar-refractivity contribution in [1.29, 1.82) is 0 Å². The van der Waals surface area contributed by atoms with Crippen LogP contribution in [0, 0.1) is 11.6 Å². The van der Waals surface area contributed by atoms with Crippen LogP contribution in [0.25, 0.3) is 0 Å². The van der Waals surface area contributed by atoms with E-state index in [1.54, 1.807) is 6.92 Å². The first-order valence-electron chi connectivity index (χ1n) is 5.56. The molecule has 0 aliphatic carbocycles. The van der Waals surface area contributed by atoms with Gasteiger partial charge in [0, 0.05) is 25.7 Å². The highest BCUT2D eigenvalue weighted by Crippen LogP contribution is 2.07. The van der Waals surface area contributed by atoms with Gasteiger partial charge in [0.05, 0.1) is 5.75 Å². The van der Waals surface area contributed by atoms with Gasteiger partial charge in [0.1, 0.15) is 11.6 Å². The van der Waals surface area contributed by atoms with Crippen LogP contribution in [0.4, 0.5) is 8.78 Å². The van der Waals surface area contributed by atoms with Gasteiger partial charge in [-0.25, -0.2) is 21.9 Å². The van der Waals surface area contributed by atoms with Crippen LogP contribution in [0.3, 0.4) is 0 Å². The fraction of sp³-hybridized carbons (Fsp3) is 0.455. The van der Waals surface area contributed by atoms with Crippen LogP contribution < -0.4 is 10.0 Å². The molecule has 0 heterocycles. The van der Waals surface area contributed by atoms with Crippen molar-refractivity contribution in [2.24, 2.45) is 0 Å². The van der Waals surface area contributed by atoms with Crippen molar-refractivity contribution in [3.63, 3.8) is 0 Å². The molecule has 7 heteroatoms. The molecule has 0 aromatic heterocycles. The summed E-state index contributed by atoms with van der Waals surface area (Å²) in [4.78, 5) is 0. The summed E-state index contributed by atoms with van der Waals surface area (Å²) in [7, 11) is -3.26. The largest absolute Gasteiger partial charge is 0.312 e. The zero-order valence-corrected chi connectivity index (χ0v) is 10.9. The number of hydrogen-bond acceptors (Lipinski definition) is 3. The minimum atomic E-state index is -3.26. The topological polar surface area (TPSA) is 58.2 Å². The van der Waals surface area contributed by atoms with Gasteiger partial charge >= 0.3 is 0 Å². The summed E-state index contributed by atoms with van der Waals surface area (Å²) in [5, 5.41) is 2.82. The number of rotatable bonds is 7. The zero-order chi connectivity index (χ0) is 13.6. The van der Waals surface area contributed by atoms with E-state index in [4.69, 9.17) is 0 Å². The number of halogens is 2. The van der Waals surface area contributed by atoms with Gasteiger partial charge in [0.25, 0.3) is 0 Å². The molecule has 0 saturated heterocycles. The minimum Gasteiger partial charge on any atom is -0.312 e. The third kappa shape index (κ3) is 5.52. The summed E-state index contributed by atoms with van der Waals surface area (Å²) in [5.74, 6) is -1.36. The Morgan fingerprint density at radius 3 is 2.33 bits per heavy atom. The van der Waals surface area contributed by atoms with Gasteiger partial charge < -0.3 is 5.32 Å². The molecule has 0 aliphatic heterocycles. The van der Waals surface area contributed by atoms with Crippen LogP contribution in [0.2, 0.25) is 0 Å². The third-order valence-electron chi connectivity index (χ3n) is 2.16. The molecule has 1 aromatic rings. The maximum Gasteiger partial charge on any atom is 0.212 e. The van der Waals surface area contributed by atoms with E-state index in [9.17, 15) is 17.2 Å². The molecule has 1 rings (SSSR count). The van der Waals surface area contributed by atoms with Crippen molar-refractivity contribution in [3.05, 3.63) is 35.4 Å². The lowest BCUT2D eigenvalue weighted by Crippen LogP contribution is -2.31. The molecule has 0 aliphatic rings. The minimum absolute atomic E-state index is 0.0708. The van der Waals surface area contributed by atoms with Crippen molar-refractivity contribution in [3.8, 4) is 0 Å². The molecule has 2 N–H and O–H groups in total. The van der Waals surface area contributed by atoms with E-state index in [2.05, 4.69) is 10.0 Å². The highest BCUT2D eigenvalue weighted by Gasteiger charge is 2.07. The smallest absolute Gasteiger partial charge is 0.212 e. The van der Waals surface area contributed by atoms with Gasteiger partial charge in [-0.2, -0.15) is 0 Å². The zero-order valence-electron chi connectivity index (χ0n) is 10.0. The maximum absolute atomic E-state index is 12.9. The summed E-state index contributed by atoms with van der Waals surface area (Å²) in [6.45, 7) is 2.47. The second-order valence-corrected chi connectivity index (χ2v) is 5.70. The van der Waals surface area contributed by atoms with Crippen molar-refractivity contribution < 1.29 is 17.2 Å². The standard InChI is InChI=1S/C11H16F2N2O2S/c1-2-15-18(16,17)4-3-14-8-9-5-10(12)7-11(13)6-9/h5-7,14-15H,2-4,8H2,1H3. The Morgan fingerprint density at radius 1 is 1.17 bits per heavy atom. The average Bonchev–Trinajstić information content (AvgIpc) is 2.23. The lowest BCUT2D eigenvalue weighted by atomic mass is 10.2. The van der Waals surface area contributed by atoms with E-state index < -0.39 is 21.7 Å². The fourth-order valence-electron chi connectivity index (χ4n) is 1.44. The maximum atomic E-state index is 12.9. The molecule has 4 nitrogen and oxygen atoms in total. The van der Waals surface area contributed by atoms with Crippen molar-refractivity contribution in [1.82, 2.24) is 10.0 Å². The normalized spacial score (nSPS) is 11.7. The predicted octanol–water partition coefficient (Wildman–Crippen LogP) is 0.994. The second-order valence-electron chi connectivity index (χ2n) is 3.77. The van der Waals surface area contributed by atoms with Gasteiger partial charge in [-0.3, -0.25) is 0 Å². The summed E-state index contributed by atoms with van der Waals surface area (Å²) in [6, 6.07) is 3.20. The monoisotopic (exact) mass is 278 g/mol. The Kier molecular flexibility index (Phi) is 5.64. The van der Waals surface area contributed by atoms with Crippen LogP contribution in [-0.2, 0) is 16.6 Å². The van der Waals surface area contributed by atoms with E-state index in [0.717, 1.165) is 6.07 Å². The molecule has 0 amide bonds. The van der Waals surface area contributed by atoms with Crippen molar-refractivity contribution in [2.75, 3.05) is 18.8 Å². The van der Waals surface area contributed by atoms with Gasteiger partial charge in [-0.05, 0) is 17.7 Å². The summed E-state index contributed by atoms with van der Waals surface area (Å²) in [5.41, 5.74) is 0.438. The number of nitrogens with one attached hydrogen (secondary N) is 2. The Bertz CT molecular complexity index is 472. The first-order chi connectivity index (χ1) is 8.43. The summed E-state index contributed by atoms with van der Waals surface area (Å²) in [6.07, 6.45) is 0. The van der Waals surface area contributed by atoms with Crippen molar-refractivity contribution in [2.45, 2.75) is 13.5 Å². The molecule has 0 saturated carbocycles. The predicted molar refractivity (Wildman–Crippen MR) is 65.5 cm³/mol. The van der Waals surface area contributed by atoms with E-state index in [-0.39, 0.29) is 18.8 Å². The number of sulfonamides is 1. The number of hydrogen-bond donors (Lipinski definition) is 2. The van der Waals surface area contributed by atoms with E-state index in [1.807, 2.05) is 0 Å². The second kappa shape index (κ2) is 6.77. The van der Waals surface area contributed by atoms with Crippen LogP contribution >= 0.6 is 0 Å². The van der Waals surface area contributed by atoms with E-state index >= 15 is 0 Å². The van der Waals surface area contributed by atoms with E-state index in [1.165, 1.54) is 12.1 Å². The molecule has 0 radical (unpaired) electrons. The van der Waals surface area contributed by atoms with E-state index in [0.29, 0.717) is 12.1 Å². The lowest BCUT2D eigenvalue weighted by Gasteiger charge is -2.06. The molecule has 18 heavy (non-hydrogen) atoms.